The Morgan fingerprint density at radius 1 is 1.45 bits per heavy atom. The summed E-state index contributed by atoms with van der Waals surface area (Å²) < 4.78 is 10.0. The normalized spacial score (nSPS) is 21.2. The highest BCUT2D eigenvalue weighted by Crippen LogP contribution is 2.32. The Morgan fingerprint density at radius 2 is 2.15 bits per heavy atom. The lowest BCUT2D eigenvalue weighted by molar-refractivity contribution is -0.148. The molecule has 1 aliphatic heterocycles. The van der Waals surface area contributed by atoms with Crippen LogP contribution in [0.2, 0.25) is 0 Å². The van der Waals surface area contributed by atoms with Crippen LogP contribution in [-0.4, -0.2) is 41.5 Å². The second kappa shape index (κ2) is 6.08. The number of carbonyl (C=O) groups is 2. The topological polar surface area (TPSA) is 76.1 Å². The summed E-state index contributed by atoms with van der Waals surface area (Å²) in [5.41, 5.74) is 0.662. The molecule has 1 amide bonds. The molecule has 0 aromatic heterocycles. The summed E-state index contributed by atoms with van der Waals surface area (Å²) in [6, 6.07) is 8.05. The molecule has 0 spiro atoms. The molecule has 1 aromatic rings. The zero-order chi connectivity index (χ0) is 14.5. The molecule has 0 radical (unpaired) electrons. The summed E-state index contributed by atoms with van der Waals surface area (Å²) in [4.78, 5) is 24.3. The molecule has 2 atom stereocenters. The van der Waals surface area contributed by atoms with Crippen LogP contribution in [0, 0.1) is 12.3 Å². The molecular weight excluding hydrogens is 262 g/mol. The lowest BCUT2D eigenvalue weighted by atomic mass is 10.0. The SMILES string of the molecule is C#CCOC(=O)N1COC(C(=O)O)C1c1ccccc1. The van der Waals surface area contributed by atoms with E-state index in [-0.39, 0.29) is 13.3 Å². The molecule has 1 aliphatic rings. The van der Waals surface area contributed by atoms with E-state index in [9.17, 15) is 14.7 Å². The first-order chi connectivity index (χ1) is 9.65. The minimum atomic E-state index is -1.13. The molecule has 1 aromatic carbocycles. The average molecular weight is 275 g/mol. The number of aliphatic carboxylic acids is 1. The first kappa shape index (κ1) is 13.9. The van der Waals surface area contributed by atoms with Gasteiger partial charge in [0.25, 0.3) is 0 Å². The van der Waals surface area contributed by atoms with Gasteiger partial charge in [0, 0.05) is 0 Å². The number of ether oxygens (including phenoxy) is 2. The van der Waals surface area contributed by atoms with Crippen LogP contribution < -0.4 is 0 Å². The monoisotopic (exact) mass is 275 g/mol. The van der Waals surface area contributed by atoms with Crippen LogP contribution in [0.3, 0.4) is 0 Å². The fourth-order valence-corrected chi connectivity index (χ4v) is 2.06. The highest BCUT2D eigenvalue weighted by atomic mass is 16.6. The molecule has 6 nitrogen and oxygen atoms in total. The van der Waals surface area contributed by atoms with Crippen LogP contribution in [0.1, 0.15) is 11.6 Å². The molecule has 6 heteroatoms. The van der Waals surface area contributed by atoms with Crippen molar-refractivity contribution in [1.29, 1.82) is 0 Å². The second-order valence-corrected chi connectivity index (χ2v) is 4.14. The smallest absolute Gasteiger partial charge is 0.413 e. The molecule has 2 unspecified atom stereocenters. The number of amides is 1. The van der Waals surface area contributed by atoms with E-state index in [1.165, 1.54) is 4.90 Å². The molecule has 0 bridgehead atoms. The third-order valence-corrected chi connectivity index (χ3v) is 2.91. The zero-order valence-corrected chi connectivity index (χ0v) is 10.6. The van der Waals surface area contributed by atoms with Crippen molar-refractivity contribution in [3.05, 3.63) is 35.9 Å². The van der Waals surface area contributed by atoms with Gasteiger partial charge in [-0.15, -0.1) is 6.42 Å². The van der Waals surface area contributed by atoms with Gasteiger partial charge in [-0.2, -0.15) is 0 Å². The van der Waals surface area contributed by atoms with Crippen molar-refractivity contribution in [3.8, 4) is 12.3 Å². The van der Waals surface area contributed by atoms with Gasteiger partial charge in [0.1, 0.15) is 6.73 Å². The van der Waals surface area contributed by atoms with Crippen LogP contribution in [0.5, 0.6) is 0 Å². The molecule has 104 valence electrons. The third-order valence-electron chi connectivity index (χ3n) is 2.91. The van der Waals surface area contributed by atoms with E-state index in [0.717, 1.165) is 0 Å². The van der Waals surface area contributed by atoms with Gasteiger partial charge >= 0.3 is 12.1 Å². The Labute approximate surface area is 115 Å². The van der Waals surface area contributed by atoms with Gasteiger partial charge in [0.15, 0.2) is 12.7 Å². The number of carboxylic acid groups (broad SMARTS) is 1. The van der Waals surface area contributed by atoms with E-state index in [4.69, 9.17) is 15.9 Å². The molecule has 1 fully saturated rings. The van der Waals surface area contributed by atoms with E-state index in [2.05, 4.69) is 5.92 Å². The van der Waals surface area contributed by atoms with Crippen LogP contribution in [0.25, 0.3) is 0 Å². The van der Waals surface area contributed by atoms with Crippen molar-refractivity contribution in [2.24, 2.45) is 0 Å². The molecule has 20 heavy (non-hydrogen) atoms. The van der Waals surface area contributed by atoms with Crippen molar-refractivity contribution in [2.75, 3.05) is 13.3 Å². The third kappa shape index (κ3) is 2.73. The predicted molar refractivity (Wildman–Crippen MR) is 68.6 cm³/mol. The van der Waals surface area contributed by atoms with Crippen molar-refractivity contribution >= 4 is 12.1 Å². The van der Waals surface area contributed by atoms with E-state index in [1.54, 1.807) is 30.3 Å². The second-order valence-electron chi connectivity index (χ2n) is 4.14. The van der Waals surface area contributed by atoms with Crippen LogP contribution >= 0.6 is 0 Å². The van der Waals surface area contributed by atoms with Gasteiger partial charge in [-0.3, -0.25) is 4.90 Å². The van der Waals surface area contributed by atoms with Crippen LogP contribution in [0.15, 0.2) is 30.3 Å². The molecular formula is C14H13NO5. The summed E-state index contributed by atoms with van der Waals surface area (Å²) in [6.07, 6.45) is 3.20. The van der Waals surface area contributed by atoms with E-state index in [1.807, 2.05) is 0 Å². The number of hydrogen-bond donors (Lipinski definition) is 1. The van der Waals surface area contributed by atoms with Gasteiger partial charge < -0.3 is 14.6 Å². The van der Waals surface area contributed by atoms with Gasteiger partial charge in [-0.05, 0) is 5.56 Å². The number of hydrogen-bond acceptors (Lipinski definition) is 4. The Bertz CT molecular complexity index is 536. The van der Waals surface area contributed by atoms with E-state index in [0.29, 0.717) is 5.56 Å². The summed E-state index contributed by atoms with van der Waals surface area (Å²) in [5.74, 6) is 1.05. The summed E-state index contributed by atoms with van der Waals surface area (Å²) in [7, 11) is 0. The fraction of sp³-hybridized carbons (Fsp3) is 0.286. The molecule has 0 saturated carbocycles. The lowest BCUT2D eigenvalue weighted by Crippen LogP contribution is -2.36. The molecule has 2 rings (SSSR count). The number of rotatable bonds is 3. The molecule has 1 heterocycles. The lowest BCUT2D eigenvalue weighted by Gasteiger charge is -2.23. The Morgan fingerprint density at radius 3 is 2.75 bits per heavy atom. The van der Waals surface area contributed by atoms with Gasteiger partial charge in [-0.1, -0.05) is 36.3 Å². The van der Waals surface area contributed by atoms with Gasteiger partial charge in [0.05, 0.1) is 6.04 Å². The van der Waals surface area contributed by atoms with Gasteiger partial charge in [-0.25, -0.2) is 9.59 Å². The van der Waals surface area contributed by atoms with E-state index >= 15 is 0 Å². The standard InChI is InChI=1S/C14H13NO5/c1-2-8-19-14(18)15-9-20-12(13(16)17)11(15)10-6-4-3-5-7-10/h1,3-7,11-12H,8-9H2,(H,16,17). The highest BCUT2D eigenvalue weighted by Gasteiger charge is 2.44. The minimum Gasteiger partial charge on any atom is -0.479 e. The first-order valence-corrected chi connectivity index (χ1v) is 5.91. The molecule has 1 N–H and O–H groups in total. The number of terminal acetylenes is 1. The predicted octanol–water partition coefficient (Wildman–Crippen LogP) is 1.24. The minimum absolute atomic E-state index is 0.153. The number of benzene rings is 1. The zero-order valence-electron chi connectivity index (χ0n) is 10.6. The number of carbonyl (C=O) groups excluding carboxylic acids is 1. The maximum Gasteiger partial charge on any atom is 0.413 e. The Kier molecular flexibility index (Phi) is 4.23. The van der Waals surface area contributed by atoms with Crippen LogP contribution in [0.4, 0.5) is 4.79 Å². The first-order valence-electron chi connectivity index (χ1n) is 5.91. The molecule has 0 aliphatic carbocycles. The van der Waals surface area contributed by atoms with Crippen molar-refractivity contribution in [1.82, 2.24) is 4.90 Å². The maximum atomic E-state index is 11.9. The summed E-state index contributed by atoms with van der Waals surface area (Å²) in [5, 5.41) is 9.18. The Balaban J connectivity index is 2.26. The number of carboxylic acids is 1. The summed E-state index contributed by atoms with van der Waals surface area (Å²) >= 11 is 0. The number of nitrogens with zero attached hydrogens (tertiary/aromatic N) is 1. The fourth-order valence-electron chi connectivity index (χ4n) is 2.06. The molecule has 1 saturated heterocycles. The van der Waals surface area contributed by atoms with Crippen LogP contribution in [-0.2, 0) is 14.3 Å². The average Bonchev–Trinajstić information content (AvgIpc) is 2.90. The van der Waals surface area contributed by atoms with Crippen molar-refractivity contribution in [3.63, 3.8) is 0 Å². The van der Waals surface area contributed by atoms with Crippen molar-refractivity contribution < 1.29 is 24.2 Å². The Hall–Kier alpha value is -2.52. The highest BCUT2D eigenvalue weighted by molar-refractivity contribution is 5.77. The van der Waals surface area contributed by atoms with Crippen molar-refractivity contribution in [2.45, 2.75) is 12.1 Å². The van der Waals surface area contributed by atoms with E-state index < -0.39 is 24.2 Å². The summed E-state index contributed by atoms with van der Waals surface area (Å²) in [6.45, 7) is -0.325. The maximum absolute atomic E-state index is 11.9. The largest absolute Gasteiger partial charge is 0.479 e. The quantitative estimate of drug-likeness (QED) is 0.840. The van der Waals surface area contributed by atoms with Gasteiger partial charge in [0.2, 0.25) is 0 Å².